The Kier molecular flexibility index (Phi) is 3.14. The maximum Gasteiger partial charge on any atom is 0.416 e. The lowest BCUT2D eigenvalue weighted by Crippen LogP contribution is -2.32. The number of aromatic nitrogens is 2. The molecular weight excluding hydrogens is 327 g/mol. The average molecular weight is 343 g/mol. The Morgan fingerprint density at radius 1 is 0.960 bits per heavy atom. The van der Waals surface area contributed by atoms with E-state index in [-0.39, 0.29) is 5.52 Å². The summed E-state index contributed by atoms with van der Waals surface area (Å²) >= 11 is 0. The predicted octanol–water partition coefficient (Wildman–Crippen LogP) is 5.06. The lowest BCUT2D eigenvalue weighted by atomic mass is 9.77. The van der Waals surface area contributed by atoms with E-state index in [1.165, 1.54) is 6.07 Å². The predicted molar refractivity (Wildman–Crippen MR) is 91.2 cm³/mol. The summed E-state index contributed by atoms with van der Waals surface area (Å²) in [5.74, 6) is 0.677. The lowest BCUT2D eigenvalue weighted by Gasteiger charge is -2.38. The maximum absolute atomic E-state index is 13.0. The van der Waals surface area contributed by atoms with Gasteiger partial charge in [0.2, 0.25) is 0 Å². The number of rotatable bonds is 0. The summed E-state index contributed by atoms with van der Waals surface area (Å²) in [6, 6.07) is 11.4. The Morgan fingerprint density at radius 2 is 1.68 bits per heavy atom. The number of fused-ring (bicyclic) bond motifs is 3. The van der Waals surface area contributed by atoms with Gasteiger partial charge in [-0.15, -0.1) is 0 Å². The second kappa shape index (κ2) is 4.94. The van der Waals surface area contributed by atoms with Gasteiger partial charge in [-0.05, 0) is 43.7 Å². The third-order valence-corrected chi connectivity index (χ3v) is 4.82. The van der Waals surface area contributed by atoms with Crippen LogP contribution in [0.15, 0.2) is 42.5 Å². The summed E-state index contributed by atoms with van der Waals surface area (Å²) in [6.45, 7) is 4.04. The summed E-state index contributed by atoms with van der Waals surface area (Å²) in [7, 11) is 1.90. The number of alkyl halides is 3. The van der Waals surface area contributed by atoms with Crippen molar-refractivity contribution in [3.8, 4) is 0 Å². The molecule has 0 amide bonds. The molecule has 0 bridgehead atoms. The van der Waals surface area contributed by atoms with Gasteiger partial charge >= 0.3 is 6.18 Å². The lowest BCUT2D eigenvalue weighted by molar-refractivity contribution is -0.137. The molecule has 25 heavy (non-hydrogen) atoms. The summed E-state index contributed by atoms with van der Waals surface area (Å²) in [6.07, 6.45) is -4.40. The molecule has 0 fully saturated rings. The summed E-state index contributed by atoms with van der Waals surface area (Å²) < 4.78 is 39.0. The molecule has 0 atom stereocenters. The number of hydrogen-bond donors (Lipinski definition) is 0. The van der Waals surface area contributed by atoms with Gasteiger partial charge in [0.1, 0.15) is 0 Å². The van der Waals surface area contributed by atoms with Gasteiger partial charge in [-0.25, -0.2) is 9.97 Å². The minimum atomic E-state index is -4.40. The van der Waals surface area contributed by atoms with E-state index in [0.717, 1.165) is 23.4 Å². The molecule has 0 N–H and O–H groups in total. The highest BCUT2D eigenvalue weighted by atomic mass is 19.4. The average Bonchev–Trinajstić information content (AvgIpc) is 2.57. The van der Waals surface area contributed by atoms with Crippen LogP contribution in [-0.4, -0.2) is 17.0 Å². The molecule has 0 aliphatic carbocycles. The topological polar surface area (TPSA) is 29.0 Å². The molecule has 0 radical (unpaired) electrons. The highest BCUT2D eigenvalue weighted by Gasteiger charge is 2.38. The molecular formula is C19H16F3N3. The van der Waals surface area contributed by atoms with Crippen molar-refractivity contribution in [1.82, 2.24) is 9.97 Å². The fourth-order valence-electron chi connectivity index (χ4n) is 3.41. The zero-order valence-electron chi connectivity index (χ0n) is 14.0. The number of benzene rings is 2. The van der Waals surface area contributed by atoms with Crippen LogP contribution >= 0.6 is 0 Å². The van der Waals surface area contributed by atoms with E-state index in [1.54, 1.807) is 0 Å². The van der Waals surface area contributed by atoms with E-state index in [9.17, 15) is 13.2 Å². The van der Waals surface area contributed by atoms with Gasteiger partial charge in [0.05, 0.1) is 22.3 Å². The van der Waals surface area contributed by atoms with Gasteiger partial charge in [-0.1, -0.05) is 18.2 Å². The van der Waals surface area contributed by atoms with E-state index < -0.39 is 17.2 Å². The normalized spacial score (nSPS) is 15.8. The quantitative estimate of drug-likeness (QED) is 0.571. The van der Waals surface area contributed by atoms with E-state index >= 15 is 0 Å². The molecule has 4 rings (SSSR count). The highest BCUT2D eigenvalue weighted by molar-refractivity contribution is 5.82. The van der Waals surface area contributed by atoms with Crippen molar-refractivity contribution in [1.29, 1.82) is 0 Å². The first-order valence-corrected chi connectivity index (χ1v) is 7.92. The Bertz CT molecular complexity index is 993. The van der Waals surface area contributed by atoms with Gasteiger partial charge in [0, 0.05) is 18.2 Å². The van der Waals surface area contributed by atoms with Gasteiger partial charge < -0.3 is 4.90 Å². The molecule has 128 valence electrons. The Morgan fingerprint density at radius 3 is 2.40 bits per heavy atom. The van der Waals surface area contributed by atoms with E-state index in [4.69, 9.17) is 0 Å². The molecule has 3 nitrogen and oxygen atoms in total. The van der Waals surface area contributed by atoms with Gasteiger partial charge in [-0.2, -0.15) is 13.2 Å². The summed E-state index contributed by atoms with van der Waals surface area (Å²) in [5, 5.41) is 0. The Hall–Kier alpha value is -2.63. The first kappa shape index (κ1) is 15.9. The minimum Gasteiger partial charge on any atom is -0.328 e. The molecule has 1 aliphatic rings. The van der Waals surface area contributed by atoms with Crippen molar-refractivity contribution in [2.24, 2.45) is 0 Å². The SMILES string of the molecule is CN1c2ccccc2C(C)(C)c2nc3cc(C(F)(F)F)ccc3nc21. The molecule has 0 spiro atoms. The van der Waals surface area contributed by atoms with Crippen LogP contribution in [0, 0.1) is 0 Å². The highest BCUT2D eigenvalue weighted by Crippen LogP contribution is 2.46. The van der Waals surface area contributed by atoms with Crippen molar-refractivity contribution < 1.29 is 13.2 Å². The smallest absolute Gasteiger partial charge is 0.328 e. The maximum atomic E-state index is 13.0. The van der Waals surface area contributed by atoms with Crippen LogP contribution in [0.3, 0.4) is 0 Å². The van der Waals surface area contributed by atoms with Crippen molar-refractivity contribution >= 4 is 22.5 Å². The minimum absolute atomic E-state index is 0.259. The summed E-state index contributed by atoms with van der Waals surface area (Å²) in [5.41, 5.74) is 2.33. The number of nitrogens with zero attached hydrogens (tertiary/aromatic N) is 3. The molecule has 1 aromatic heterocycles. The van der Waals surface area contributed by atoms with Crippen LogP contribution in [0.1, 0.15) is 30.7 Å². The Balaban J connectivity index is 2.00. The molecule has 1 aliphatic heterocycles. The van der Waals surface area contributed by atoms with Crippen LogP contribution in [-0.2, 0) is 11.6 Å². The van der Waals surface area contributed by atoms with Gasteiger partial charge in [0.15, 0.2) is 5.82 Å². The molecule has 0 unspecified atom stereocenters. The fraction of sp³-hybridized carbons (Fsp3) is 0.263. The summed E-state index contributed by atoms with van der Waals surface area (Å²) in [4.78, 5) is 11.1. The van der Waals surface area contributed by atoms with Crippen LogP contribution in [0.25, 0.3) is 11.0 Å². The number of para-hydroxylation sites is 1. The Labute approximate surface area is 143 Å². The van der Waals surface area contributed by atoms with E-state index in [2.05, 4.69) is 9.97 Å². The number of halogens is 3. The molecule has 0 saturated heterocycles. The van der Waals surface area contributed by atoms with E-state index in [0.29, 0.717) is 17.0 Å². The largest absolute Gasteiger partial charge is 0.416 e. The second-order valence-corrected chi connectivity index (χ2v) is 6.80. The van der Waals surface area contributed by atoms with Crippen LogP contribution in [0.2, 0.25) is 0 Å². The standard InChI is InChI=1S/C19H16F3N3/c1-18(2)12-6-4-5-7-15(12)25(3)17-16(18)23-14-10-11(19(20,21)22)8-9-13(14)24-17/h4-10H,1-3H3. The van der Waals surface area contributed by atoms with Gasteiger partial charge in [-0.3, -0.25) is 0 Å². The molecule has 2 aromatic carbocycles. The third-order valence-electron chi connectivity index (χ3n) is 4.82. The first-order chi connectivity index (χ1) is 11.7. The zero-order valence-corrected chi connectivity index (χ0v) is 14.0. The molecule has 2 heterocycles. The fourth-order valence-corrected chi connectivity index (χ4v) is 3.41. The molecule has 6 heteroatoms. The van der Waals surface area contributed by atoms with Crippen LogP contribution in [0.4, 0.5) is 24.7 Å². The number of anilines is 2. The third kappa shape index (κ3) is 2.27. The van der Waals surface area contributed by atoms with Crippen molar-refractivity contribution in [3.63, 3.8) is 0 Å². The van der Waals surface area contributed by atoms with Crippen molar-refractivity contribution in [2.75, 3.05) is 11.9 Å². The van der Waals surface area contributed by atoms with Crippen LogP contribution in [0.5, 0.6) is 0 Å². The number of hydrogen-bond acceptors (Lipinski definition) is 3. The first-order valence-electron chi connectivity index (χ1n) is 7.92. The van der Waals surface area contributed by atoms with E-state index in [1.807, 2.05) is 50.1 Å². The zero-order chi connectivity index (χ0) is 18.0. The van der Waals surface area contributed by atoms with Crippen molar-refractivity contribution in [2.45, 2.75) is 25.4 Å². The monoisotopic (exact) mass is 343 g/mol. The van der Waals surface area contributed by atoms with Crippen molar-refractivity contribution in [3.05, 3.63) is 59.3 Å². The van der Waals surface area contributed by atoms with Crippen LogP contribution < -0.4 is 4.90 Å². The molecule has 3 aromatic rings. The molecule has 0 saturated carbocycles. The second-order valence-electron chi connectivity index (χ2n) is 6.80. The van der Waals surface area contributed by atoms with Gasteiger partial charge in [0.25, 0.3) is 0 Å².